The summed E-state index contributed by atoms with van der Waals surface area (Å²) >= 11 is 6.84. The third-order valence-electron chi connectivity index (χ3n) is 2.81. The highest BCUT2D eigenvalue weighted by Gasteiger charge is 2.13. The fraction of sp³-hybridized carbons (Fsp3) is 0.417. The average Bonchev–Trinajstić information content (AvgIpc) is 2.27. The van der Waals surface area contributed by atoms with Crippen LogP contribution in [0.3, 0.4) is 0 Å². The summed E-state index contributed by atoms with van der Waals surface area (Å²) in [7, 11) is 0. The molecule has 16 heavy (non-hydrogen) atoms. The summed E-state index contributed by atoms with van der Waals surface area (Å²) in [6.07, 6.45) is 4.63. The first-order valence-corrected chi connectivity index (χ1v) is 6.96. The molecule has 1 heterocycles. The molecule has 1 saturated heterocycles. The minimum atomic E-state index is 0.365. The van der Waals surface area contributed by atoms with Crippen LogP contribution in [0, 0.1) is 6.42 Å². The van der Waals surface area contributed by atoms with Gasteiger partial charge in [0.25, 0.3) is 0 Å². The molecule has 0 aromatic heterocycles. The standard InChI is InChI=1S/C12H14Br2NO/c13-10-6-9(12(16)7-11(10)14)8-15-4-2-1-3-5-15/h1,6-7,16H,2-5,8H2. The lowest BCUT2D eigenvalue weighted by Crippen LogP contribution is -2.29. The zero-order valence-electron chi connectivity index (χ0n) is 8.92. The van der Waals surface area contributed by atoms with E-state index >= 15 is 0 Å². The molecule has 87 valence electrons. The number of phenols is 1. The van der Waals surface area contributed by atoms with E-state index in [0.29, 0.717) is 5.75 Å². The minimum Gasteiger partial charge on any atom is -0.508 e. The van der Waals surface area contributed by atoms with Crippen molar-refractivity contribution in [3.63, 3.8) is 0 Å². The second-order valence-electron chi connectivity index (χ2n) is 4.04. The quantitative estimate of drug-likeness (QED) is 0.881. The first-order valence-electron chi connectivity index (χ1n) is 5.38. The van der Waals surface area contributed by atoms with Crippen molar-refractivity contribution in [1.29, 1.82) is 0 Å². The first kappa shape index (κ1) is 12.4. The molecule has 2 rings (SSSR count). The van der Waals surface area contributed by atoms with E-state index in [1.54, 1.807) is 6.07 Å². The van der Waals surface area contributed by atoms with Crippen LogP contribution >= 0.6 is 31.9 Å². The van der Waals surface area contributed by atoms with Gasteiger partial charge in [-0.15, -0.1) is 0 Å². The van der Waals surface area contributed by atoms with Gasteiger partial charge in [0, 0.05) is 21.1 Å². The highest BCUT2D eigenvalue weighted by molar-refractivity contribution is 9.13. The largest absolute Gasteiger partial charge is 0.508 e. The van der Waals surface area contributed by atoms with Gasteiger partial charge in [-0.1, -0.05) is 0 Å². The van der Waals surface area contributed by atoms with Crippen molar-refractivity contribution in [2.24, 2.45) is 0 Å². The summed E-state index contributed by atoms with van der Waals surface area (Å²) in [5.74, 6) is 0.365. The highest BCUT2D eigenvalue weighted by Crippen LogP contribution is 2.31. The Morgan fingerprint density at radius 1 is 1.12 bits per heavy atom. The zero-order chi connectivity index (χ0) is 11.5. The van der Waals surface area contributed by atoms with Crippen LogP contribution in [0.1, 0.15) is 18.4 Å². The van der Waals surface area contributed by atoms with Crippen LogP contribution in [0.5, 0.6) is 5.75 Å². The average molecular weight is 348 g/mol. The number of hydrogen-bond acceptors (Lipinski definition) is 2. The molecule has 0 unspecified atom stereocenters. The molecule has 1 aliphatic heterocycles. The number of likely N-dealkylation sites (tertiary alicyclic amines) is 1. The van der Waals surface area contributed by atoms with Crippen LogP contribution in [0.2, 0.25) is 0 Å². The van der Waals surface area contributed by atoms with Gasteiger partial charge < -0.3 is 5.11 Å². The maximum atomic E-state index is 9.86. The first-order chi connectivity index (χ1) is 7.66. The molecule has 0 spiro atoms. The molecule has 0 aliphatic carbocycles. The third-order valence-corrected chi connectivity index (χ3v) is 4.66. The summed E-state index contributed by atoms with van der Waals surface area (Å²) < 4.78 is 1.88. The number of piperidine rings is 1. The smallest absolute Gasteiger partial charge is 0.121 e. The molecule has 1 N–H and O–H groups in total. The normalized spacial score (nSPS) is 17.6. The van der Waals surface area contributed by atoms with E-state index in [1.165, 1.54) is 0 Å². The van der Waals surface area contributed by atoms with E-state index in [0.717, 1.165) is 47.0 Å². The fourth-order valence-electron chi connectivity index (χ4n) is 1.91. The lowest BCUT2D eigenvalue weighted by atomic mass is 10.1. The summed E-state index contributed by atoms with van der Waals surface area (Å²) in [5.41, 5.74) is 0.983. The van der Waals surface area contributed by atoms with E-state index in [9.17, 15) is 5.11 Å². The molecule has 1 aromatic carbocycles. The fourth-order valence-corrected chi connectivity index (χ4v) is 2.63. The molecule has 0 atom stereocenters. The van der Waals surface area contributed by atoms with E-state index in [1.807, 2.05) is 6.07 Å². The maximum Gasteiger partial charge on any atom is 0.121 e. The van der Waals surface area contributed by atoms with Crippen LogP contribution in [0.4, 0.5) is 0 Å². The number of aromatic hydroxyl groups is 1. The molecule has 1 radical (unpaired) electrons. The summed E-state index contributed by atoms with van der Waals surface area (Å²) in [4.78, 5) is 2.37. The van der Waals surface area contributed by atoms with Gasteiger partial charge in [-0.3, -0.25) is 4.90 Å². The van der Waals surface area contributed by atoms with Crippen molar-refractivity contribution in [3.05, 3.63) is 33.1 Å². The lowest BCUT2D eigenvalue weighted by molar-refractivity contribution is 0.243. The number of phenolic OH excluding ortho intramolecular Hbond substituents is 1. The Morgan fingerprint density at radius 2 is 1.75 bits per heavy atom. The van der Waals surface area contributed by atoms with Crippen molar-refractivity contribution in [1.82, 2.24) is 4.90 Å². The molecule has 0 bridgehead atoms. The molecule has 0 amide bonds. The molecule has 4 heteroatoms. The second-order valence-corrected chi connectivity index (χ2v) is 5.75. The monoisotopic (exact) mass is 346 g/mol. The predicted molar refractivity (Wildman–Crippen MR) is 72.3 cm³/mol. The van der Waals surface area contributed by atoms with Gasteiger partial charge in [-0.2, -0.15) is 0 Å². The highest BCUT2D eigenvalue weighted by atomic mass is 79.9. The van der Waals surface area contributed by atoms with E-state index in [4.69, 9.17) is 0 Å². The van der Waals surface area contributed by atoms with Gasteiger partial charge in [0.15, 0.2) is 0 Å². The van der Waals surface area contributed by atoms with Crippen molar-refractivity contribution >= 4 is 31.9 Å². The zero-order valence-corrected chi connectivity index (χ0v) is 12.1. The Labute approximate surface area is 113 Å². The Balaban J connectivity index is 2.11. The van der Waals surface area contributed by atoms with Gasteiger partial charge in [-0.25, -0.2) is 0 Å². The Hall–Kier alpha value is -0.0600. The van der Waals surface area contributed by atoms with Crippen molar-refractivity contribution in [3.8, 4) is 5.75 Å². The van der Waals surface area contributed by atoms with Crippen LogP contribution in [0.15, 0.2) is 21.1 Å². The molecule has 0 saturated carbocycles. The molecule has 1 aliphatic rings. The summed E-state index contributed by atoms with van der Waals surface area (Å²) in [6.45, 7) is 3.01. The third kappa shape index (κ3) is 2.99. The number of hydrogen-bond donors (Lipinski definition) is 1. The minimum absolute atomic E-state index is 0.365. The van der Waals surface area contributed by atoms with Crippen molar-refractivity contribution in [2.75, 3.05) is 13.1 Å². The Morgan fingerprint density at radius 3 is 2.44 bits per heavy atom. The van der Waals surface area contributed by atoms with E-state index < -0.39 is 0 Å². The SMILES string of the molecule is Oc1cc(Br)c(Br)cc1CN1CC[CH]CC1. The van der Waals surface area contributed by atoms with Gasteiger partial charge in [0.05, 0.1) is 0 Å². The van der Waals surface area contributed by atoms with Gasteiger partial charge in [0.1, 0.15) is 5.75 Å². The second kappa shape index (κ2) is 5.52. The molecular formula is C12H14Br2NO. The van der Waals surface area contributed by atoms with Crippen molar-refractivity contribution < 1.29 is 5.11 Å². The van der Waals surface area contributed by atoms with Crippen LogP contribution in [-0.4, -0.2) is 23.1 Å². The molecule has 1 fully saturated rings. The molecular weight excluding hydrogens is 334 g/mol. The molecule has 1 aromatic rings. The maximum absolute atomic E-state index is 9.86. The molecule has 2 nitrogen and oxygen atoms in total. The summed E-state index contributed by atoms with van der Waals surface area (Å²) in [5, 5.41) is 9.86. The predicted octanol–water partition coefficient (Wildman–Crippen LogP) is 3.72. The number of halogens is 2. The van der Waals surface area contributed by atoms with E-state index in [-0.39, 0.29) is 0 Å². The van der Waals surface area contributed by atoms with Crippen LogP contribution in [-0.2, 0) is 6.54 Å². The Bertz CT molecular complexity index is 376. The summed E-state index contributed by atoms with van der Waals surface area (Å²) in [6, 6.07) is 3.73. The van der Waals surface area contributed by atoms with Gasteiger partial charge in [0.2, 0.25) is 0 Å². The number of benzene rings is 1. The van der Waals surface area contributed by atoms with Crippen LogP contribution in [0.25, 0.3) is 0 Å². The number of rotatable bonds is 2. The van der Waals surface area contributed by atoms with Crippen LogP contribution < -0.4 is 0 Å². The van der Waals surface area contributed by atoms with Crippen molar-refractivity contribution in [2.45, 2.75) is 19.4 Å². The number of nitrogens with zero attached hydrogens (tertiary/aromatic N) is 1. The Kier molecular flexibility index (Phi) is 4.27. The topological polar surface area (TPSA) is 23.5 Å². The van der Waals surface area contributed by atoms with Gasteiger partial charge in [-0.05, 0) is 76.3 Å². The van der Waals surface area contributed by atoms with Gasteiger partial charge >= 0.3 is 0 Å². The lowest BCUT2D eigenvalue weighted by Gasteiger charge is -2.26. The van der Waals surface area contributed by atoms with E-state index in [2.05, 4.69) is 43.2 Å².